The van der Waals surface area contributed by atoms with Crippen LogP contribution in [0.2, 0.25) is 0 Å². The highest BCUT2D eigenvalue weighted by molar-refractivity contribution is 5.72. The number of hydrogen-bond donors (Lipinski definition) is 0. The van der Waals surface area contributed by atoms with Crippen LogP contribution in [-0.4, -0.2) is 50.8 Å². The number of rotatable bonds is 3. The molecule has 1 saturated heterocycles. The van der Waals surface area contributed by atoms with Crippen LogP contribution in [0.25, 0.3) is 0 Å². The van der Waals surface area contributed by atoms with E-state index in [9.17, 15) is 4.79 Å². The second-order valence-electron chi connectivity index (χ2n) is 3.34. The molecule has 0 spiro atoms. The highest BCUT2D eigenvalue weighted by Crippen LogP contribution is 2.04. The van der Waals surface area contributed by atoms with Gasteiger partial charge in [0.05, 0.1) is 26.2 Å². The van der Waals surface area contributed by atoms with Gasteiger partial charge >= 0.3 is 5.97 Å². The smallest absolute Gasteiger partial charge is 0.309 e. The maximum absolute atomic E-state index is 11.1. The predicted molar refractivity (Wildman–Crippen MR) is 48.4 cm³/mol. The molecule has 0 radical (unpaired) electrons. The van der Waals surface area contributed by atoms with Crippen molar-refractivity contribution < 1.29 is 14.3 Å². The number of nitrogens with zero attached hydrogens (tertiary/aromatic N) is 1. The molecule has 0 N–H and O–H groups in total. The summed E-state index contributed by atoms with van der Waals surface area (Å²) in [5.74, 6) is -0.172. The number of esters is 1. The molecule has 76 valence electrons. The molecule has 0 amide bonds. The maximum Gasteiger partial charge on any atom is 0.309 e. The number of ether oxygens (including phenoxy) is 2. The van der Waals surface area contributed by atoms with Gasteiger partial charge in [-0.15, -0.1) is 0 Å². The fourth-order valence-electron chi connectivity index (χ4n) is 1.45. The Hall–Kier alpha value is -0.610. The number of methoxy groups -OCH3 is 1. The zero-order valence-electron chi connectivity index (χ0n) is 8.28. The van der Waals surface area contributed by atoms with E-state index in [1.54, 1.807) is 0 Å². The van der Waals surface area contributed by atoms with Crippen LogP contribution in [-0.2, 0) is 14.3 Å². The Bertz CT molecular complexity index is 166. The molecule has 0 aromatic carbocycles. The van der Waals surface area contributed by atoms with E-state index < -0.39 is 0 Å². The van der Waals surface area contributed by atoms with Gasteiger partial charge in [0, 0.05) is 19.6 Å². The Morgan fingerprint density at radius 3 is 2.69 bits per heavy atom. The number of morpholine rings is 1. The lowest BCUT2D eigenvalue weighted by atomic mass is 10.1. The molecule has 0 aromatic heterocycles. The monoisotopic (exact) mass is 187 g/mol. The van der Waals surface area contributed by atoms with Gasteiger partial charge in [-0.3, -0.25) is 9.69 Å². The van der Waals surface area contributed by atoms with Gasteiger partial charge in [0.15, 0.2) is 0 Å². The topological polar surface area (TPSA) is 38.8 Å². The summed E-state index contributed by atoms with van der Waals surface area (Å²) >= 11 is 0. The Morgan fingerprint density at radius 2 is 2.15 bits per heavy atom. The Labute approximate surface area is 78.8 Å². The van der Waals surface area contributed by atoms with Crippen molar-refractivity contribution in [2.75, 3.05) is 40.0 Å². The molecule has 1 heterocycles. The summed E-state index contributed by atoms with van der Waals surface area (Å²) < 4.78 is 9.87. The first-order valence-electron chi connectivity index (χ1n) is 4.62. The summed E-state index contributed by atoms with van der Waals surface area (Å²) in [6.45, 7) is 6.04. The van der Waals surface area contributed by atoms with Crippen LogP contribution in [0.15, 0.2) is 0 Å². The first-order chi connectivity index (χ1) is 6.24. The number of carbonyl (C=O) groups is 1. The van der Waals surface area contributed by atoms with Crippen LogP contribution in [0, 0.1) is 5.92 Å². The quantitative estimate of drug-likeness (QED) is 0.589. The average molecular weight is 187 g/mol. The summed E-state index contributed by atoms with van der Waals surface area (Å²) in [4.78, 5) is 13.3. The highest BCUT2D eigenvalue weighted by atomic mass is 16.5. The molecular formula is C9H17NO3. The molecule has 1 fully saturated rings. The van der Waals surface area contributed by atoms with Gasteiger partial charge in [-0.2, -0.15) is 0 Å². The molecule has 4 heteroatoms. The summed E-state index contributed by atoms with van der Waals surface area (Å²) in [5.41, 5.74) is 0. The summed E-state index contributed by atoms with van der Waals surface area (Å²) in [6.07, 6.45) is 0. The summed E-state index contributed by atoms with van der Waals surface area (Å²) in [7, 11) is 1.43. The lowest BCUT2D eigenvalue weighted by molar-refractivity contribution is -0.145. The zero-order chi connectivity index (χ0) is 9.68. The molecule has 1 rings (SSSR count). The molecule has 13 heavy (non-hydrogen) atoms. The molecule has 1 atom stereocenters. The van der Waals surface area contributed by atoms with E-state index in [-0.39, 0.29) is 11.9 Å². The van der Waals surface area contributed by atoms with Gasteiger partial charge in [0.2, 0.25) is 0 Å². The Morgan fingerprint density at radius 1 is 1.54 bits per heavy atom. The van der Waals surface area contributed by atoms with Gasteiger partial charge in [-0.05, 0) is 0 Å². The molecule has 0 bridgehead atoms. The fourth-order valence-corrected chi connectivity index (χ4v) is 1.45. The van der Waals surface area contributed by atoms with E-state index in [0.717, 1.165) is 32.8 Å². The van der Waals surface area contributed by atoms with E-state index in [2.05, 4.69) is 9.64 Å². The van der Waals surface area contributed by atoms with Gasteiger partial charge in [-0.25, -0.2) is 0 Å². The van der Waals surface area contributed by atoms with Crippen LogP contribution in [0.3, 0.4) is 0 Å². The van der Waals surface area contributed by atoms with Crippen molar-refractivity contribution in [3.63, 3.8) is 0 Å². The third-order valence-corrected chi connectivity index (χ3v) is 2.24. The van der Waals surface area contributed by atoms with Crippen molar-refractivity contribution in [2.24, 2.45) is 5.92 Å². The van der Waals surface area contributed by atoms with Crippen LogP contribution in [0.4, 0.5) is 0 Å². The minimum atomic E-state index is -0.133. The first kappa shape index (κ1) is 10.5. The minimum Gasteiger partial charge on any atom is -0.469 e. The largest absolute Gasteiger partial charge is 0.469 e. The third-order valence-electron chi connectivity index (χ3n) is 2.24. The Balaban J connectivity index is 2.25. The molecule has 0 aromatic rings. The van der Waals surface area contributed by atoms with Crippen LogP contribution in [0.1, 0.15) is 6.92 Å². The lowest BCUT2D eigenvalue weighted by Crippen LogP contribution is -2.40. The van der Waals surface area contributed by atoms with E-state index >= 15 is 0 Å². The molecule has 0 saturated carbocycles. The number of hydrogen-bond acceptors (Lipinski definition) is 4. The standard InChI is InChI=1S/C9H17NO3/c1-8(9(11)12-2)7-10-3-5-13-6-4-10/h8H,3-7H2,1-2H3. The first-order valence-corrected chi connectivity index (χ1v) is 4.62. The predicted octanol–water partition coefficient (Wildman–Crippen LogP) is 0.128. The van der Waals surface area contributed by atoms with Gasteiger partial charge in [0.25, 0.3) is 0 Å². The molecule has 1 aliphatic heterocycles. The fraction of sp³-hybridized carbons (Fsp3) is 0.889. The summed E-state index contributed by atoms with van der Waals surface area (Å²) in [5, 5.41) is 0. The van der Waals surface area contributed by atoms with E-state index in [1.165, 1.54) is 7.11 Å². The maximum atomic E-state index is 11.1. The summed E-state index contributed by atoms with van der Waals surface area (Å²) in [6, 6.07) is 0. The molecule has 1 aliphatic rings. The molecule has 1 unspecified atom stereocenters. The van der Waals surface area contributed by atoms with Crippen molar-refractivity contribution >= 4 is 5.97 Å². The zero-order valence-corrected chi connectivity index (χ0v) is 8.28. The average Bonchev–Trinajstić information content (AvgIpc) is 2.18. The number of carbonyl (C=O) groups excluding carboxylic acids is 1. The van der Waals surface area contributed by atoms with Crippen molar-refractivity contribution in [1.82, 2.24) is 4.90 Å². The van der Waals surface area contributed by atoms with E-state index in [1.807, 2.05) is 6.92 Å². The Kier molecular flexibility index (Phi) is 4.18. The third kappa shape index (κ3) is 3.32. The van der Waals surface area contributed by atoms with Crippen molar-refractivity contribution in [1.29, 1.82) is 0 Å². The molecule has 0 aliphatic carbocycles. The normalized spacial score (nSPS) is 21.1. The van der Waals surface area contributed by atoms with Crippen molar-refractivity contribution in [3.8, 4) is 0 Å². The van der Waals surface area contributed by atoms with E-state index in [4.69, 9.17) is 4.74 Å². The lowest BCUT2D eigenvalue weighted by Gasteiger charge is -2.28. The van der Waals surface area contributed by atoms with Crippen molar-refractivity contribution in [3.05, 3.63) is 0 Å². The highest BCUT2D eigenvalue weighted by Gasteiger charge is 2.18. The van der Waals surface area contributed by atoms with Gasteiger partial charge in [0.1, 0.15) is 0 Å². The molecular weight excluding hydrogens is 170 g/mol. The minimum absolute atomic E-state index is 0.0388. The van der Waals surface area contributed by atoms with Gasteiger partial charge < -0.3 is 9.47 Å². The van der Waals surface area contributed by atoms with Crippen LogP contribution in [0.5, 0.6) is 0 Å². The van der Waals surface area contributed by atoms with Crippen LogP contribution < -0.4 is 0 Å². The SMILES string of the molecule is COC(=O)C(C)CN1CCOCC1. The second-order valence-corrected chi connectivity index (χ2v) is 3.34. The molecule has 4 nitrogen and oxygen atoms in total. The van der Waals surface area contributed by atoms with Crippen molar-refractivity contribution in [2.45, 2.75) is 6.92 Å². The second kappa shape index (κ2) is 5.19. The van der Waals surface area contributed by atoms with E-state index in [0.29, 0.717) is 0 Å². The van der Waals surface area contributed by atoms with Crippen LogP contribution >= 0.6 is 0 Å². The van der Waals surface area contributed by atoms with Gasteiger partial charge in [-0.1, -0.05) is 6.92 Å².